The Kier molecular flexibility index (Phi) is 5.04. The Morgan fingerprint density at radius 1 is 1.32 bits per heavy atom. The van der Waals surface area contributed by atoms with Crippen molar-refractivity contribution in [1.29, 1.82) is 0 Å². The number of aromatic nitrogens is 1. The van der Waals surface area contributed by atoms with Crippen molar-refractivity contribution in [3.8, 4) is 5.75 Å². The van der Waals surface area contributed by atoms with E-state index in [1.807, 2.05) is 31.2 Å². The van der Waals surface area contributed by atoms with Crippen molar-refractivity contribution in [2.45, 2.75) is 20.8 Å². The van der Waals surface area contributed by atoms with Crippen LogP contribution < -0.4 is 10.1 Å². The maximum atomic E-state index is 12.1. The molecule has 2 rings (SSSR count). The van der Waals surface area contributed by atoms with Gasteiger partial charge in [-0.2, -0.15) is 0 Å². The Bertz CT molecular complexity index is 632. The first kappa shape index (κ1) is 15.9. The van der Waals surface area contributed by atoms with E-state index in [9.17, 15) is 4.79 Å². The lowest BCUT2D eigenvalue weighted by Gasteiger charge is -2.18. The lowest BCUT2D eigenvalue weighted by molar-refractivity contribution is 0.207. The Balaban J connectivity index is 1.83. The molecule has 0 saturated carbocycles. The number of aryl methyl sites for hydroxylation is 3. The minimum atomic E-state index is -0.220. The number of anilines is 1. The summed E-state index contributed by atoms with van der Waals surface area (Å²) in [6, 6.07) is 7.58. The predicted octanol–water partition coefficient (Wildman–Crippen LogP) is 3.14. The lowest BCUT2D eigenvalue weighted by Crippen LogP contribution is -2.34. The number of carbonyl (C=O) groups excluding carboxylic acids is 1. The normalized spacial score (nSPS) is 10.4. The van der Waals surface area contributed by atoms with Gasteiger partial charge in [0.15, 0.2) is 5.76 Å². The van der Waals surface area contributed by atoms with Crippen molar-refractivity contribution >= 4 is 11.7 Å². The zero-order chi connectivity index (χ0) is 16.1. The summed E-state index contributed by atoms with van der Waals surface area (Å²) >= 11 is 0. The van der Waals surface area contributed by atoms with Gasteiger partial charge in [0.2, 0.25) is 0 Å². The summed E-state index contributed by atoms with van der Waals surface area (Å²) in [4.78, 5) is 13.7. The molecule has 0 aliphatic heterocycles. The van der Waals surface area contributed by atoms with Crippen LogP contribution in [0.3, 0.4) is 0 Å². The molecule has 6 heteroatoms. The van der Waals surface area contributed by atoms with Crippen LogP contribution in [0.4, 0.5) is 10.5 Å². The van der Waals surface area contributed by atoms with Gasteiger partial charge in [0.05, 0.1) is 6.54 Å². The largest absolute Gasteiger partial charge is 0.491 e. The number of benzene rings is 1. The molecule has 1 aromatic carbocycles. The lowest BCUT2D eigenvalue weighted by atomic mass is 10.2. The first-order chi connectivity index (χ1) is 10.5. The van der Waals surface area contributed by atoms with Gasteiger partial charge in [0.1, 0.15) is 23.7 Å². The summed E-state index contributed by atoms with van der Waals surface area (Å²) in [6.45, 7) is 6.44. The molecule has 1 heterocycles. The van der Waals surface area contributed by atoms with E-state index in [2.05, 4.69) is 10.5 Å². The molecule has 0 atom stereocenters. The number of ether oxygens (including phenoxy) is 1. The van der Waals surface area contributed by atoms with E-state index < -0.39 is 0 Å². The number of likely N-dealkylation sites (N-methyl/N-ethyl adjacent to an activating group) is 1. The molecule has 6 nitrogen and oxygen atoms in total. The second-order valence-corrected chi connectivity index (χ2v) is 5.16. The SMILES string of the molecule is Cc1ccccc1OCCN(C)C(=O)Nc1c(C)noc1C. The minimum Gasteiger partial charge on any atom is -0.491 e. The van der Waals surface area contributed by atoms with E-state index in [0.29, 0.717) is 30.3 Å². The summed E-state index contributed by atoms with van der Waals surface area (Å²) in [5.74, 6) is 1.43. The van der Waals surface area contributed by atoms with Crippen molar-refractivity contribution in [3.05, 3.63) is 41.3 Å². The van der Waals surface area contributed by atoms with Gasteiger partial charge in [-0.15, -0.1) is 0 Å². The van der Waals surface area contributed by atoms with Crippen LogP contribution in [0.5, 0.6) is 5.75 Å². The third kappa shape index (κ3) is 3.78. The van der Waals surface area contributed by atoms with Gasteiger partial charge in [0.25, 0.3) is 0 Å². The van der Waals surface area contributed by atoms with Crippen LogP contribution in [0.15, 0.2) is 28.8 Å². The highest BCUT2D eigenvalue weighted by Gasteiger charge is 2.15. The Labute approximate surface area is 130 Å². The van der Waals surface area contributed by atoms with Crippen LogP contribution in [0, 0.1) is 20.8 Å². The van der Waals surface area contributed by atoms with Crippen LogP contribution in [0.25, 0.3) is 0 Å². The molecule has 1 N–H and O–H groups in total. The molecule has 2 aromatic rings. The van der Waals surface area contributed by atoms with Crippen molar-refractivity contribution in [2.75, 3.05) is 25.5 Å². The third-order valence-electron chi connectivity index (χ3n) is 3.39. The molecule has 118 valence electrons. The topological polar surface area (TPSA) is 67.6 Å². The highest BCUT2D eigenvalue weighted by atomic mass is 16.5. The van der Waals surface area contributed by atoms with Gasteiger partial charge in [-0.25, -0.2) is 4.79 Å². The number of carbonyl (C=O) groups is 1. The summed E-state index contributed by atoms with van der Waals surface area (Å²) in [5.41, 5.74) is 2.36. The first-order valence-corrected chi connectivity index (χ1v) is 7.12. The van der Waals surface area contributed by atoms with Gasteiger partial charge in [-0.1, -0.05) is 23.4 Å². The summed E-state index contributed by atoms with van der Waals surface area (Å²) in [5, 5.41) is 6.60. The molecule has 2 amide bonds. The van der Waals surface area contributed by atoms with Gasteiger partial charge >= 0.3 is 6.03 Å². The Hall–Kier alpha value is -2.50. The number of amides is 2. The fraction of sp³-hybridized carbons (Fsp3) is 0.375. The molecule has 0 fully saturated rings. The van der Waals surface area contributed by atoms with Crippen LogP contribution >= 0.6 is 0 Å². The average molecular weight is 303 g/mol. The fourth-order valence-corrected chi connectivity index (χ4v) is 1.98. The highest BCUT2D eigenvalue weighted by molar-refractivity contribution is 5.90. The Morgan fingerprint density at radius 2 is 2.05 bits per heavy atom. The summed E-state index contributed by atoms with van der Waals surface area (Å²) in [6.07, 6.45) is 0. The number of para-hydroxylation sites is 1. The average Bonchev–Trinajstić information content (AvgIpc) is 2.81. The van der Waals surface area contributed by atoms with Crippen molar-refractivity contribution in [3.63, 3.8) is 0 Å². The number of nitrogens with one attached hydrogen (secondary N) is 1. The van der Waals surface area contributed by atoms with E-state index in [1.54, 1.807) is 25.8 Å². The quantitative estimate of drug-likeness (QED) is 0.921. The minimum absolute atomic E-state index is 0.220. The molecular formula is C16H21N3O3. The number of nitrogens with zero attached hydrogens (tertiary/aromatic N) is 2. The number of hydrogen-bond acceptors (Lipinski definition) is 4. The molecule has 0 radical (unpaired) electrons. The van der Waals surface area contributed by atoms with Crippen LogP contribution in [-0.2, 0) is 0 Å². The standard InChI is InChI=1S/C16H21N3O3/c1-11-7-5-6-8-14(11)21-10-9-19(4)16(20)17-15-12(2)18-22-13(15)3/h5-8H,9-10H2,1-4H3,(H,17,20). The highest BCUT2D eigenvalue weighted by Crippen LogP contribution is 2.19. The number of hydrogen-bond donors (Lipinski definition) is 1. The fourth-order valence-electron chi connectivity index (χ4n) is 1.98. The zero-order valence-electron chi connectivity index (χ0n) is 13.3. The second-order valence-electron chi connectivity index (χ2n) is 5.16. The van der Waals surface area contributed by atoms with E-state index in [4.69, 9.17) is 9.26 Å². The number of urea groups is 1. The molecule has 22 heavy (non-hydrogen) atoms. The molecular weight excluding hydrogens is 282 g/mol. The summed E-state index contributed by atoms with van der Waals surface area (Å²) < 4.78 is 10.7. The Morgan fingerprint density at radius 3 is 2.68 bits per heavy atom. The third-order valence-corrected chi connectivity index (χ3v) is 3.39. The van der Waals surface area contributed by atoms with Crippen LogP contribution in [0.1, 0.15) is 17.0 Å². The van der Waals surface area contributed by atoms with Crippen molar-refractivity contribution in [1.82, 2.24) is 10.1 Å². The van der Waals surface area contributed by atoms with Crippen LogP contribution in [-0.4, -0.2) is 36.3 Å². The zero-order valence-corrected chi connectivity index (χ0v) is 13.3. The van der Waals surface area contributed by atoms with Crippen LogP contribution in [0.2, 0.25) is 0 Å². The maximum Gasteiger partial charge on any atom is 0.321 e. The molecule has 0 spiro atoms. The predicted molar refractivity (Wildman–Crippen MR) is 84.3 cm³/mol. The van der Waals surface area contributed by atoms with Gasteiger partial charge < -0.3 is 19.5 Å². The second kappa shape index (κ2) is 6.98. The first-order valence-electron chi connectivity index (χ1n) is 7.12. The molecule has 0 aliphatic carbocycles. The molecule has 0 unspecified atom stereocenters. The van der Waals surface area contributed by atoms with Crippen molar-refractivity contribution in [2.24, 2.45) is 0 Å². The molecule has 0 bridgehead atoms. The van der Waals surface area contributed by atoms with E-state index in [1.165, 1.54) is 0 Å². The van der Waals surface area contributed by atoms with E-state index >= 15 is 0 Å². The summed E-state index contributed by atoms with van der Waals surface area (Å²) in [7, 11) is 1.72. The van der Waals surface area contributed by atoms with E-state index in [-0.39, 0.29) is 6.03 Å². The smallest absolute Gasteiger partial charge is 0.321 e. The van der Waals surface area contributed by atoms with E-state index in [0.717, 1.165) is 11.3 Å². The van der Waals surface area contributed by atoms with Crippen molar-refractivity contribution < 1.29 is 14.1 Å². The maximum absolute atomic E-state index is 12.1. The molecule has 1 aromatic heterocycles. The van der Waals surface area contributed by atoms with Gasteiger partial charge in [0, 0.05) is 7.05 Å². The van der Waals surface area contributed by atoms with Gasteiger partial charge in [-0.3, -0.25) is 0 Å². The number of rotatable bonds is 5. The molecule has 0 saturated heterocycles. The van der Waals surface area contributed by atoms with Gasteiger partial charge in [-0.05, 0) is 32.4 Å². The monoisotopic (exact) mass is 303 g/mol. The molecule has 0 aliphatic rings.